The number of rotatable bonds is 43. The number of alkyl carbamates (subject to hydrolysis) is 1. The Kier molecular flexibility index (Phi) is 39.1. The smallest absolute Gasteiger partial charge is 0.408 e. The fourth-order valence-electron chi connectivity index (χ4n) is 14.4. The van der Waals surface area contributed by atoms with Crippen LogP contribution in [0.2, 0.25) is 20.1 Å². The van der Waals surface area contributed by atoms with Crippen molar-refractivity contribution in [2.24, 2.45) is 11.8 Å². The minimum absolute atomic E-state index is 0.000589. The van der Waals surface area contributed by atoms with Crippen LogP contribution in [0.5, 0.6) is 11.5 Å². The number of carbonyl (C=O) groups is 12. The molecule has 27 nitrogen and oxygen atoms in total. The first kappa shape index (κ1) is 101. The van der Waals surface area contributed by atoms with E-state index in [-0.39, 0.29) is 103 Å². The standard InChI is InChI=1S/C94H108Cl7N9O18/c1-8-58(4)82(108-88(118)79-33-20-46-109(79)89(119)73(43-45-81(112)126-53-63-26-16-11-17-27-63)103-86(116)76(49-59-22-12-9-13-23-59)107-92(122)128-93(5,6)7)90(120)110-47-21-32-78(110)87(117)102-72(42-44-80(111)125-52-62-24-14-10-15-25-62)83(113)104-74(50-60-34-38-64(39-35-60)123-54-66-68(95)28-18-29-69(66)96)84(114)105-75(85(115)106-77(48-57(2)3)91(121)127-56-94(99,100)101)51-61-36-40-65(41-37-61)124-55-67-70(97)30-19-31-71(67)98/h9-19,22-31,34-41,57-58,72-79,82H,8,20-21,32-33,42-56H2,1-7H3,(H,102,117)(H,103,116)(H,104,113)(H,105,114)(H,106,115)(H,107,122)(H,108,118)/t58-,72-,73-,74-,75-,76-,77-,78-,79-,82-/m0/s1. The largest absolute Gasteiger partial charge is 0.489 e. The monoisotopic (exact) mass is 1900 g/mol. The molecule has 2 fully saturated rings. The Morgan fingerprint density at radius 1 is 0.422 bits per heavy atom. The van der Waals surface area contributed by atoms with E-state index in [4.69, 9.17) is 110 Å². The molecule has 0 radical (unpaired) electrons. The first-order chi connectivity index (χ1) is 61.0. The maximum atomic E-state index is 15.6. The summed E-state index contributed by atoms with van der Waals surface area (Å²) in [5.41, 5.74) is 3.01. The molecular formula is C94H108Cl7N9O18. The average Bonchev–Trinajstić information content (AvgIpc) is 1.64. The van der Waals surface area contributed by atoms with Crippen LogP contribution in [-0.2, 0) is 117 Å². The zero-order valence-corrected chi connectivity index (χ0v) is 77.4. The van der Waals surface area contributed by atoms with E-state index in [1.54, 1.807) is 218 Å². The minimum atomic E-state index is -2.02. The fraction of sp³-hybridized carbons (Fsp3) is 0.426. The van der Waals surface area contributed by atoms with Crippen LogP contribution in [0, 0.1) is 11.8 Å². The second-order valence-electron chi connectivity index (χ2n) is 32.8. The molecule has 0 spiro atoms. The third-order valence-corrected chi connectivity index (χ3v) is 23.1. The van der Waals surface area contributed by atoms with E-state index in [0.717, 1.165) is 0 Å². The lowest BCUT2D eigenvalue weighted by Crippen LogP contribution is -2.61. The Morgan fingerprint density at radius 2 is 0.805 bits per heavy atom. The Hall–Kier alpha value is -10.4. The number of halogens is 7. The number of nitrogens with zero attached hydrogens (tertiary/aromatic N) is 2. The van der Waals surface area contributed by atoms with Crippen LogP contribution in [0.4, 0.5) is 4.79 Å². The van der Waals surface area contributed by atoms with Crippen LogP contribution >= 0.6 is 81.2 Å². The summed E-state index contributed by atoms with van der Waals surface area (Å²) in [6.45, 7) is 11.2. The normalized spacial score (nSPS) is 15.7. The second-order valence-corrected chi connectivity index (χ2v) is 37.0. The molecule has 7 aromatic rings. The molecule has 686 valence electrons. The molecule has 128 heavy (non-hydrogen) atoms. The van der Waals surface area contributed by atoms with Crippen LogP contribution in [0.3, 0.4) is 0 Å². The van der Waals surface area contributed by atoms with E-state index in [0.29, 0.717) is 83.4 Å². The van der Waals surface area contributed by atoms with Gasteiger partial charge in [-0.3, -0.25) is 47.9 Å². The van der Waals surface area contributed by atoms with E-state index in [1.165, 1.54) is 9.80 Å². The molecule has 0 saturated carbocycles. The van der Waals surface area contributed by atoms with Gasteiger partial charge in [0.15, 0.2) is 0 Å². The quantitative estimate of drug-likeness (QED) is 0.0106. The molecule has 0 unspecified atom stereocenters. The van der Waals surface area contributed by atoms with Gasteiger partial charge in [-0.2, -0.15) is 0 Å². The molecule has 2 aliphatic heterocycles. The lowest BCUT2D eigenvalue weighted by molar-refractivity contribution is -0.148. The van der Waals surface area contributed by atoms with E-state index in [2.05, 4.69) is 37.2 Å². The summed E-state index contributed by atoms with van der Waals surface area (Å²) in [5, 5.41) is 21.0. The van der Waals surface area contributed by atoms with Crippen LogP contribution < -0.4 is 46.7 Å². The molecule has 2 heterocycles. The average molecular weight is 1900 g/mol. The summed E-state index contributed by atoms with van der Waals surface area (Å²) in [6, 6.07) is 36.8. The Morgan fingerprint density at radius 3 is 1.23 bits per heavy atom. The third kappa shape index (κ3) is 32.4. The van der Waals surface area contributed by atoms with Gasteiger partial charge < -0.3 is 75.4 Å². The number of hydrogen-bond donors (Lipinski definition) is 7. The van der Waals surface area contributed by atoms with Crippen LogP contribution in [-0.4, -0.2) is 165 Å². The van der Waals surface area contributed by atoms with Gasteiger partial charge in [-0.15, -0.1) is 0 Å². The molecule has 9 amide bonds. The number of likely N-dealkylation sites (tertiary alicyclic amines) is 2. The van der Waals surface area contributed by atoms with Gasteiger partial charge in [-0.05, 0) is 154 Å². The number of benzene rings is 7. The summed E-state index contributed by atoms with van der Waals surface area (Å²) >= 11 is 43.9. The van der Waals surface area contributed by atoms with E-state index in [1.807, 2.05) is 6.07 Å². The lowest BCUT2D eigenvalue weighted by atomic mass is 9.96. The van der Waals surface area contributed by atoms with Gasteiger partial charge in [0.05, 0.1) is 0 Å². The maximum absolute atomic E-state index is 15.6. The molecule has 10 atom stereocenters. The molecular weight excluding hydrogens is 1790 g/mol. The zero-order valence-electron chi connectivity index (χ0n) is 72.1. The second kappa shape index (κ2) is 49.4. The molecule has 0 bridgehead atoms. The third-order valence-electron chi connectivity index (χ3n) is 21.3. The molecule has 2 aliphatic rings. The summed E-state index contributed by atoms with van der Waals surface area (Å²) in [7, 11) is 0. The highest BCUT2D eigenvalue weighted by molar-refractivity contribution is 6.67. The number of alkyl halides is 3. The van der Waals surface area contributed by atoms with E-state index >= 15 is 33.6 Å². The predicted molar refractivity (Wildman–Crippen MR) is 487 cm³/mol. The van der Waals surface area contributed by atoms with Gasteiger partial charge in [0, 0.05) is 76.4 Å². The summed E-state index contributed by atoms with van der Waals surface area (Å²) in [6.07, 6.45) is -1.98. The SMILES string of the molecule is CC[C@H](C)[C@H](NC(=O)[C@@H]1CCCN1C(=O)[C@H](CCC(=O)OCc1ccccc1)NC(=O)[C@H](Cc1ccccc1)NC(=O)OC(C)(C)C)C(=O)N1CCC[C@H]1C(=O)N[C@@H](CCC(=O)OCc1ccccc1)C(=O)N[C@@H](Cc1ccc(OCc2c(Cl)cccc2Cl)cc1)C(=O)N[C@@H](Cc1ccc(OCc2c(Cl)cccc2Cl)cc1)C(=O)N[C@@H](CC(C)C)C(=O)OCC(Cl)(Cl)Cl. The first-order valence-electron chi connectivity index (χ1n) is 42.4. The first-order valence-corrected chi connectivity index (χ1v) is 45.0. The number of hydrogen-bond acceptors (Lipinski definition) is 18. The summed E-state index contributed by atoms with van der Waals surface area (Å²) < 4.78 is 32.3. The summed E-state index contributed by atoms with van der Waals surface area (Å²) in [4.78, 5) is 179. The van der Waals surface area contributed by atoms with Crippen LogP contribution in [0.15, 0.2) is 176 Å². The highest BCUT2D eigenvalue weighted by Gasteiger charge is 2.45. The Labute approximate surface area is 780 Å². The number of nitrogens with one attached hydrogen (secondary N) is 7. The lowest BCUT2D eigenvalue weighted by Gasteiger charge is -2.34. The molecule has 7 N–H and O–H groups in total. The van der Waals surface area contributed by atoms with Crippen molar-refractivity contribution in [3.63, 3.8) is 0 Å². The van der Waals surface area contributed by atoms with Gasteiger partial charge in [0.1, 0.15) is 105 Å². The highest BCUT2D eigenvalue weighted by atomic mass is 35.6. The van der Waals surface area contributed by atoms with Crippen LogP contribution in [0.25, 0.3) is 0 Å². The van der Waals surface area contributed by atoms with Gasteiger partial charge in [-0.25, -0.2) is 9.59 Å². The molecule has 0 aliphatic carbocycles. The van der Waals surface area contributed by atoms with E-state index in [9.17, 15) is 24.0 Å². The van der Waals surface area contributed by atoms with Crippen LogP contribution in [0.1, 0.15) is 152 Å². The van der Waals surface area contributed by atoms with Crippen molar-refractivity contribution in [1.82, 2.24) is 47.0 Å². The topological polar surface area (TPSA) is 351 Å². The molecule has 34 heteroatoms. The number of esters is 3. The van der Waals surface area contributed by atoms with Gasteiger partial charge in [-0.1, -0.05) is 243 Å². The molecule has 2 saturated heterocycles. The van der Waals surface area contributed by atoms with Gasteiger partial charge >= 0.3 is 24.0 Å². The number of carbonyl (C=O) groups excluding carboxylic acids is 12. The van der Waals surface area contributed by atoms with Gasteiger partial charge in [0.2, 0.25) is 51.0 Å². The predicted octanol–water partition coefficient (Wildman–Crippen LogP) is 14.3. The minimum Gasteiger partial charge on any atom is -0.489 e. The van der Waals surface area contributed by atoms with Crippen molar-refractivity contribution in [3.8, 4) is 11.5 Å². The van der Waals surface area contributed by atoms with Crippen molar-refractivity contribution >= 4 is 152 Å². The van der Waals surface area contributed by atoms with Gasteiger partial charge in [0.25, 0.3) is 0 Å². The zero-order chi connectivity index (χ0) is 92.8. The highest BCUT2D eigenvalue weighted by Crippen LogP contribution is 2.32. The van der Waals surface area contributed by atoms with Crippen molar-refractivity contribution in [3.05, 3.63) is 235 Å². The molecule has 0 aromatic heterocycles. The summed E-state index contributed by atoms with van der Waals surface area (Å²) in [5.74, 6) is -9.14. The van der Waals surface area contributed by atoms with Crippen molar-refractivity contribution in [2.75, 3.05) is 19.7 Å². The fourth-order valence-corrected chi connectivity index (χ4v) is 15.6. The van der Waals surface area contributed by atoms with Crippen molar-refractivity contribution in [1.29, 1.82) is 0 Å². The Bertz CT molecular complexity index is 4900. The maximum Gasteiger partial charge on any atom is 0.408 e. The van der Waals surface area contributed by atoms with Crippen molar-refractivity contribution < 1.29 is 86.0 Å². The Balaban J connectivity index is 0.993. The number of amides is 9. The molecule has 7 aromatic carbocycles. The van der Waals surface area contributed by atoms with Crippen molar-refractivity contribution in [2.45, 2.75) is 222 Å². The van der Waals surface area contributed by atoms with E-state index < -0.39 is 160 Å². The molecule has 9 rings (SSSR count). The number of ether oxygens (including phenoxy) is 6.